The first-order valence-corrected chi connectivity index (χ1v) is 43.7. The van der Waals surface area contributed by atoms with Gasteiger partial charge in [-0.25, -0.2) is 4.98 Å². The monoisotopic (exact) mass is 1860 g/mol. The summed E-state index contributed by atoms with van der Waals surface area (Å²) in [5.74, 6) is -20.7. The van der Waals surface area contributed by atoms with E-state index in [-0.39, 0.29) is 120 Å². The molecule has 0 spiro atoms. The molecule has 0 aliphatic carbocycles. The number of carbonyl (C=O) groups excluding carboxylic acids is 17. The Hall–Kier alpha value is -13.8. The summed E-state index contributed by atoms with van der Waals surface area (Å²) < 4.78 is 0. The van der Waals surface area contributed by atoms with Crippen LogP contribution in [0.4, 0.5) is 0 Å². The minimum atomic E-state index is -1.95. The molecule has 2 aromatic carbocycles. The van der Waals surface area contributed by atoms with Crippen LogP contribution in [0, 0.1) is 34.0 Å². The smallest absolute Gasteiger partial charge is 0.245 e. The number of primary amides is 3. The molecule has 17 amide bonds. The number of aromatic amines is 1. The molecule has 732 valence electrons. The average molecular weight is 1860 g/mol. The number of aliphatic hydroxyl groups excluding tert-OH is 1. The summed E-state index contributed by atoms with van der Waals surface area (Å²) in [5, 5.41) is 92.5. The maximum Gasteiger partial charge on any atom is 0.245 e. The lowest BCUT2D eigenvalue weighted by molar-refractivity contribution is -0.151. The topological polar surface area (TPSA) is 817 Å². The number of nitrogens with two attached hydrogens (primary N) is 7. The normalized spacial score (nSPS) is 14.7. The number of benzene rings is 2. The van der Waals surface area contributed by atoms with E-state index in [1.807, 2.05) is 0 Å². The number of phenols is 2. The van der Waals surface area contributed by atoms with E-state index in [4.69, 9.17) is 56.4 Å². The number of nitrogens with one attached hydrogen (secondary N) is 19. The van der Waals surface area contributed by atoms with Crippen LogP contribution in [0.1, 0.15) is 182 Å². The molecule has 16 atom stereocenters. The number of imidazole rings is 1. The quantitative estimate of drug-likeness (QED) is 0.0142. The third kappa shape index (κ3) is 41.3. The molecular weight excluding hydrogens is 1720 g/mol. The van der Waals surface area contributed by atoms with Gasteiger partial charge in [-0.1, -0.05) is 85.1 Å². The van der Waals surface area contributed by atoms with Crippen molar-refractivity contribution in [3.63, 3.8) is 0 Å². The highest BCUT2D eigenvalue weighted by molar-refractivity contribution is 6.03. The van der Waals surface area contributed by atoms with Gasteiger partial charge in [0.1, 0.15) is 90.0 Å². The van der Waals surface area contributed by atoms with Crippen molar-refractivity contribution in [3.8, 4) is 11.5 Å². The number of phenolic OH excluding ortho intramolecular Hbond substituents is 2. The Kier molecular flexibility index (Phi) is 49.3. The minimum Gasteiger partial charge on any atom is -0.508 e. The Morgan fingerprint density at radius 1 is 0.417 bits per heavy atom. The van der Waals surface area contributed by atoms with Gasteiger partial charge in [-0.3, -0.25) is 103 Å². The third-order valence-electron chi connectivity index (χ3n) is 21.3. The number of carbonyl (C=O) groups is 17. The summed E-state index contributed by atoms with van der Waals surface area (Å²) in [4.78, 5) is 247. The summed E-state index contributed by atoms with van der Waals surface area (Å²) in [6.07, 6.45) is -0.971. The fraction of sp³-hybridized carbons (Fsp3) is 0.583. The number of aromatic hydroxyl groups is 2. The van der Waals surface area contributed by atoms with E-state index in [9.17, 15) is 92.0 Å². The van der Waals surface area contributed by atoms with Crippen LogP contribution in [0.2, 0.25) is 0 Å². The van der Waals surface area contributed by atoms with E-state index in [1.165, 1.54) is 68.0 Å². The number of rotatable bonds is 61. The van der Waals surface area contributed by atoms with Crippen molar-refractivity contribution in [2.24, 2.45) is 57.9 Å². The molecular formula is C84H136N28O20. The van der Waals surface area contributed by atoms with Crippen molar-refractivity contribution in [2.75, 3.05) is 26.2 Å². The van der Waals surface area contributed by atoms with Crippen molar-refractivity contribution >= 4 is 118 Å². The van der Waals surface area contributed by atoms with Gasteiger partial charge in [-0.2, -0.15) is 0 Å². The van der Waals surface area contributed by atoms with Crippen LogP contribution in [-0.2, 0) is 101 Å². The van der Waals surface area contributed by atoms with Crippen molar-refractivity contribution in [3.05, 3.63) is 77.9 Å². The molecule has 0 saturated carbocycles. The van der Waals surface area contributed by atoms with E-state index < -0.39 is 240 Å². The molecule has 0 bridgehead atoms. The predicted octanol–water partition coefficient (Wildman–Crippen LogP) is -6.12. The van der Waals surface area contributed by atoms with E-state index in [1.54, 1.807) is 41.5 Å². The third-order valence-corrected chi connectivity index (χ3v) is 21.3. The van der Waals surface area contributed by atoms with E-state index >= 15 is 4.79 Å². The molecule has 0 aliphatic rings. The van der Waals surface area contributed by atoms with Crippen LogP contribution in [0.3, 0.4) is 0 Å². The molecule has 0 radical (unpaired) electrons. The number of amides is 17. The molecule has 48 nitrogen and oxygen atoms in total. The first-order chi connectivity index (χ1) is 62.2. The Labute approximate surface area is 765 Å². The number of hydrogen-bond acceptors (Lipinski definition) is 25. The Balaban J connectivity index is 2.03. The summed E-state index contributed by atoms with van der Waals surface area (Å²) in [6, 6.07) is -10.0. The number of hydrogen-bond donors (Lipinski definition) is 29. The Bertz CT molecular complexity index is 4390. The van der Waals surface area contributed by atoms with Gasteiger partial charge in [0.2, 0.25) is 100 Å². The van der Waals surface area contributed by atoms with Gasteiger partial charge in [0.15, 0.2) is 17.9 Å². The van der Waals surface area contributed by atoms with Crippen molar-refractivity contribution in [1.82, 2.24) is 94.6 Å². The second-order valence-electron chi connectivity index (χ2n) is 32.8. The van der Waals surface area contributed by atoms with E-state index in [0.717, 1.165) is 18.7 Å². The number of nitrogens with zero attached hydrogens (tertiary/aromatic N) is 2. The summed E-state index contributed by atoms with van der Waals surface area (Å²) in [6.45, 7) is 13.6. The second-order valence-corrected chi connectivity index (χ2v) is 32.8. The standard InChI is InChI=1S/C84H136N28O20/c1-10-44(5)66(109-78(129)60(38-50-24-28-53(116)29-25-50)106-75(126)61(39-51-41-95-42-99-51)107-73(124)54(18-15-33-96-82(89)90)100-70(121)46(7)112(48(9)114)65(119)21-13-12-14-32-85)79(130)108-62(40-64(87)118)76(127)105-59(36-43(3)4)77(128)110-67(45(6)11-2)80(131)111-68(47(8)113)81(132)103-56(20-17-35-98-84(93)94)71(122)102-57(30-31-63(86)117)74(125)101-55(19-16-34-97-83(91)92)72(123)104-58(69(88)120)37-49-22-26-52(115)27-23-49/h22-29,41-47,54-62,66-68,113,115-116H,10-21,30-40,85H2,1-9H3,(H2,86,117)(H2,87,118)(H2,88,120)(H,95,99)(H,100,121)(H,101,125)(H,102,122)(H,103,132)(H,104,123)(H,105,127)(H,106,126)(H,107,124)(H,108,130)(H,109,129)(H,110,128)(H,111,131)(H4,89,90,96)(H4,91,92,97)(H4,93,94,98)/t44-,45-,46-,47+,54-,55-,56-,57-,58-,59-,60-,61-,62-,66-,67-,68-/m0/s1. The minimum absolute atomic E-state index is 0.0122. The number of imide groups is 1. The molecule has 0 aliphatic heterocycles. The molecule has 1 heterocycles. The van der Waals surface area contributed by atoms with Gasteiger partial charge in [0.05, 0.1) is 18.9 Å². The number of H-pyrrole nitrogens is 1. The molecule has 0 unspecified atom stereocenters. The summed E-state index contributed by atoms with van der Waals surface area (Å²) in [5.41, 5.74) is 40.1. The first kappa shape index (κ1) is 112. The van der Waals surface area contributed by atoms with Crippen molar-refractivity contribution in [2.45, 2.75) is 269 Å². The zero-order valence-corrected chi connectivity index (χ0v) is 76.1. The molecule has 48 heteroatoms. The predicted molar refractivity (Wildman–Crippen MR) is 483 cm³/mol. The van der Waals surface area contributed by atoms with Crippen LogP contribution in [0.15, 0.2) is 61.1 Å². The van der Waals surface area contributed by atoms with Crippen LogP contribution < -0.4 is 120 Å². The first-order valence-electron chi connectivity index (χ1n) is 43.7. The van der Waals surface area contributed by atoms with Gasteiger partial charge < -0.3 is 140 Å². The zero-order valence-electron chi connectivity index (χ0n) is 76.1. The highest BCUT2D eigenvalue weighted by Gasteiger charge is 2.41. The second kappa shape index (κ2) is 58.0. The highest BCUT2D eigenvalue weighted by Crippen LogP contribution is 2.20. The maximum atomic E-state index is 15.1. The lowest BCUT2D eigenvalue weighted by Crippen LogP contribution is -2.63. The summed E-state index contributed by atoms with van der Waals surface area (Å²) in [7, 11) is 0. The fourth-order valence-corrected chi connectivity index (χ4v) is 13.6. The van der Waals surface area contributed by atoms with E-state index in [0.29, 0.717) is 36.9 Å². The van der Waals surface area contributed by atoms with Crippen molar-refractivity contribution in [1.29, 1.82) is 16.2 Å². The van der Waals surface area contributed by atoms with Gasteiger partial charge in [0.25, 0.3) is 0 Å². The zero-order chi connectivity index (χ0) is 99.2. The molecule has 0 saturated heterocycles. The van der Waals surface area contributed by atoms with Crippen LogP contribution in [-0.4, -0.2) is 259 Å². The van der Waals surface area contributed by atoms with Gasteiger partial charge in [-0.15, -0.1) is 0 Å². The number of guanidine groups is 3. The SMILES string of the molecule is CC[C@H](C)[C@H](NC(=O)[C@H](Cc1ccc(O)cc1)NC(=O)[C@H](Cc1cnc[nH]1)NC(=O)[C@H](CCCNC(=N)N)NC(=O)[C@H](C)N(C(C)=O)C(=O)CCCCCN)C(=O)N[C@@H](CC(N)=O)C(=O)N[C@@H](CC(C)C)C(=O)N[C@H](C(=O)N[C@H](C(=O)N[C@@H](CCCNC(=N)N)C(=O)N[C@@H](CCC(N)=O)C(=O)N[C@@H](CCCNC(=N)N)C(=O)N[C@@H](Cc1ccc(O)cc1)C(N)=O)[C@@H](C)O)[C@@H](C)CC. The van der Waals surface area contributed by atoms with Gasteiger partial charge in [0, 0.05) is 70.6 Å². The molecule has 3 aromatic rings. The lowest BCUT2D eigenvalue weighted by Gasteiger charge is -2.31. The van der Waals surface area contributed by atoms with Crippen LogP contribution in [0.25, 0.3) is 0 Å². The van der Waals surface area contributed by atoms with Crippen molar-refractivity contribution < 1.29 is 96.8 Å². The average Bonchev–Trinajstić information content (AvgIpc) is 0.907. The Morgan fingerprint density at radius 2 is 0.780 bits per heavy atom. The van der Waals surface area contributed by atoms with E-state index in [2.05, 4.69) is 89.7 Å². The molecule has 0 fully saturated rings. The Morgan fingerprint density at radius 3 is 1.18 bits per heavy atom. The van der Waals surface area contributed by atoms with Gasteiger partial charge in [-0.05, 0) is 138 Å². The highest BCUT2D eigenvalue weighted by atomic mass is 16.3. The van der Waals surface area contributed by atoms with Crippen LogP contribution in [0.5, 0.6) is 11.5 Å². The largest absolute Gasteiger partial charge is 0.508 e. The molecule has 36 N–H and O–H groups in total. The maximum absolute atomic E-state index is 15.1. The number of aromatic nitrogens is 2. The molecule has 3 rings (SSSR count). The molecule has 132 heavy (non-hydrogen) atoms. The van der Waals surface area contributed by atoms with Gasteiger partial charge >= 0.3 is 0 Å². The lowest BCUT2D eigenvalue weighted by atomic mass is 9.95. The number of aliphatic hydroxyl groups is 1. The summed E-state index contributed by atoms with van der Waals surface area (Å²) >= 11 is 0. The van der Waals surface area contributed by atoms with Crippen LogP contribution >= 0.6 is 0 Å². The number of unbranched alkanes of at least 4 members (excludes halogenated alkanes) is 2. The molecule has 1 aromatic heterocycles. The fourth-order valence-electron chi connectivity index (χ4n) is 13.6.